The molecule has 0 aromatic heterocycles. The van der Waals surface area contributed by atoms with Crippen molar-refractivity contribution in [3.63, 3.8) is 0 Å². The van der Waals surface area contributed by atoms with E-state index in [4.69, 9.17) is 14.7 Å². The first kappa shape index (κ1) is 13.8. The Balaban J connectivity index is 2.21. The smallest absolute Gasteiger partial charge is 0.165 e. The molecule has 1 N–H and O–H groups in total. The Kier molecular flexibility index (Phi) is 4.46. The van der Waals surface area contributed by atoms with E-state index in [0.717, 1.165) is 11.3 Å². The molecule has 2 aromatic rings. The number of nitrogens with zero attached hydrogens (tertiary/aromatic N) is 1. The van der Waals surface area contributed by atoms with Crippen molar-refractivity contribution in [1.82, 2.24) is 0 Å². The van der Waals surface area contributed by atoms with Crippen LogP contribution in [0.1, 0.15) is 11.1 Å². The van der Waals surface area contributed by atoms with E-state index < -0.39 is 0 Å². The fraction of sp³-hybridized carbons (Fsp3) is 0.188. The number of anilines is 1. The second-order valence-electron chi connectivity index (χ2n) is 4.16. The molecule has 0 radical (unpaired) electrons. The summed E-state index contributed by atoms with van der Waals surface area (Å²) < 4.78 is 10.7. The molecule has 102 valence electrons. The minimum atomic E-state index is 0.555. The molecule has 4 nitrogen and oxygen atoms in total. The van der Waals surface area contributed by atoms with Crippen LogP contribution in [0.3, 0.4) is 0 Å². The first-order valence-electron chi connectivity index (χ1n) is 6.23. The van der Waals surface area contributed by atoms with Crippen LogP contribution >= 0.6 is 0 Å². The number of rotatable bonds is 5. The first-order chi connectivity index (χ1) is 9.80. The largest absolute Gasteiger partial charge is 0.493 e. The molecular weight excluding hydrogens is 252 g/mol. The quantitative estimate of drug-likeness (QED) is 0.904. The van der Waals surface area contributed by atoms with E-state index in [1.165, 1.54) is 0 Å². The fourth-order valence-corrected chi connectivity index (χ4v) is 2.02. The van der Waals surface area contributed by atoms with Crippen LogP contribution in [0.4, 0.5) is 5.69 Å². The number of nitriles is 1. The highest BCUT2D eigenvalue weighted by Gasteiger charge is 2.09. The molecule has 0 aliphatic carbocycles. The number of benzene rings is 2. The van der Waals surface area contributed by atoms with Crippen LogP contribution in [-0.4, -0.2) is 14.2 Å². The summed E-state index contributed by atoms with van der Waals surface area (Å²) in [7, 11) is 3.23. The van der Waals surface area contributed by atoms with E-state index >= 15 is 0 Å². The van der Waals surface area contributed by atoms with Crippen LogP contribution in [0.5, 0.6) is 11.5 Å². The monoisotopic (exact) mass is 268 g/mol. The molecule has 0 saturated carbocycles. The Hall–Kier alpha value is -2.67. The van der Waals surface area contributed by atoms with Crippen LogP contribution in [0.15, 0.2) is 42.5 Å². The molecule has 0 spiro atoms. The normalized spacial score (nSPS) is 9.65. The highest BCUT2D eigenvalue weighted by atomic mass is 16.5. The number of para-hydroxylation sites is 2. The van der Waals surface area contributed by atoms with Gasteiger partial charge in [-0.25, -0.2) is 0 Å². The van der Waals surface area contributed by atoms with Crippen molar-refractivity contribution in [2.75, 3.05) is 19.5 Å². The maximum Gasteiger partial charge on any atom is 0.165 e. The highest BCUT2D eigenvalue weighted by molar-refractivity contribution is 5.58. The maximum absolute atomic E-state index is 9.06. The van der Waals surface area contributed by atoms with Gasteiger partial charge in [-0.3, -0.25) is 0 Å². The molecule has 2 aromatic carbocycles. The Labute approximate surface area is 118 Å². The number of hydrogen-bond donors (Lipinski definition) is 1. The molecule has 0 saturated heterocycles. The van der Waals surface area contributed by atoms with Gasteiger partial charge in [0.05, 0.1) is 25.5 Å². The Morgan fingerprint density at radius 3 is 2.55 bits per heavy atom. The number of methoxy groups -OCH3 is 2. The van der Waals surface area contributed by atoms with Gasteiger partial charge in [0.15, 0.2) is 11.5 Å². The van der Waals surface area contributed by atoms with Gasteiger partial charge in [0.1, 0.15) is 6.07 Å². The molecule has 0 heterocycles. The average Bonchev–Trinajstić information content (AvgIpc) is 2.52. The summed E-state index contributed by atoms with van der Waals surface area (Å²) in [6, 6.07) is 15.3. The Morgan fingerprint density at radius 1 is 1.05 bits per heavy atom. The maximum atomic E-state index is 9.06. The standard InChI is InChI=1S/C16H16N2O2/c1-19-15-9-5-7-13(16(15)20-2)11-18-14-8-4-3-6-12(14)10-17/h3-9,18H,11H2,1-2H3. The summed E-state index contributed by atoms with van der Waals surface area (Å²) in [4.78, 5) is 0. The Bertz CT molecular complexity index is 633. The number of hydrogen-bond acceptors (Lipinski definition) is 4. The van der Waals surface area contributed by atoms with Crippen LogP contribution in [0, 0.1) is 11.3 Å². The average molecular weight is 268 g/mol. The van der Waals surface area contributed by atoms with Gasteiger partial charge in [-0.05, 0) is 18.2 Å². The van der Waals surface area contributed by atoms with Crippen molar-refractivity contribution in [3.05, 3.63) is 53.6 Å². The van der Waals surface area contributed by atoms with Crippen molar-refractivity contribution < 1.29 is 9.47 Å². The van der Waals surface area contributed by atoms with Gasteiger partial charge < -0.3 is 14.8 Å². The highest BCUT2D eigenvalue weighted by Crippen LogP contribution is 2.31. The minimum Gasteiger partial charge on any atom is -0.493 e. The van der Waals surface area contributed by atoms with Crippen LogP contribution < -0.4 is 14.8 Å². The van der Waals surface area contributed by atoms with Crippen molar-refractivity contribution in [2.24, 2.45) is 0 Å². The third-order valence-electron chi connectivity index (χ3n) is 3.00. The summed E-state index contributed by atoms with van der Waals surface area (Å²) in [5.41, 5.74) is 2.40. The van der Waals surface area contributed by atoms with Crippen LogP contribution in [0.2, 0.25) is 0 Å². The van der Waals surface area contributed by atoms with Gasteiger partial charge in [-0.2, -0.15) is 5.26 Å². The number of ether oxygens (including phenoxy) is 2. The molecule has 0 aliphatic heterocycles. The van der Waals surface area contributed by atoms with Crippen molar-refractivity contribution in [3.8, 4) is 17.6 Å². The molecular formula is C16H16N2O2. The van der Waals surface area contributed by atoms with Crippen LogP contribution in [0.25, 0.3) is 0 Å². The van der Waals surface area contributed by atoms with E-state index in [2.05, 4.69) is 11.4 Å². The van der Waals surface area contributed by atoms with E-state index in [0.29, 0.717) is 23.6 Å². The lowest BCUT2D eigenvalue weighted by Gasteiger charge is -2.14. The molecule has 0 fully saturated rings. The van der Waals surface area contributed by atoms with Gasteiger partial charge in [0.2, 0.25) is 0 Å². The molecule has 0 unspecified atom stereocenters. The molecule has 2 rings (SSSR count). The molecule has 4 heteroatoms. The molecule has 20 heavy (non-hydrogen) atoms. The van der Waals surface area contributed by atoms with E-state index in [9.17, 15) is 0 Å². The minimum absolute atomic E-state index is 0.555. The van der Waals surface area contributed by atoms with Gasteiger partial charge in [-0.15, -0.1) is 0 Å². The summed E-state index contributed by atoms with van der Waals surface area (Å²) >= 11 is 0. The SMILES string of the molecule is COc1cccc(CNc2ccccc2C#N)c1OC. The summed E-state index contributed by atoms with van der Waals surface area (Å²) in [5, 5.41) is 12.3. The topological polar surface area (TPSA) is 54.3 Å². The van der Waals surface area contributed by atoms with Gasteiger partial charge in [-0.1, -0.05) is 24.3 Å². The predicted molar refractivity (Wildman–Crippen MR) is 78.0 cm³/mol. The van der Waals surface area contributed by atoms with Gasteiger partial charge >= 0.3 is 0 Å². The van der Waals surface area contributed by atoms with Crippen molar-refractivity contribution >= 4 is 5.69 Å². The van der Waals surface area contributed by atoms with E-state index in [1.807, 2.05) is 36.4 Å². The fourth-order valence-electron chi connectivity index (χ4n) is 2.02. The number of nitrogens with one attached hydrogen (secondary N) is 1. The van der Waals surface area contributed by atoms with E-state index in [1.54, 1.807) is 20.3 Å². The summed E-state index contributed by atoms with van der Waals surface area (Å²) in [6.07, 6.45) is 0. The zero-order valence-corrected chi connectivity index (χ0v) is 11.5. The molecule has 0 atom stereocenters. The van der Waals surface area contributed by atoms with Crippen LogP contribution in [-0.2, 0) is 6.54 Å². The first-order valence-corrected chi connectivity index (χ1v) is 6.23. The zero-order valence-electron chi connectivity index (χ0n) is 11.5. The predicted octanol–water partition coefficient (Wildman–Crippen LogP) is 3.19. The third kappa shape index (κ3) is 2.83. The van der Waals surface area contributed by atoms with Gasteiger partial charge in [0.25, 0.3) is 0 Å². The lowest BCUT2D eigenvalue weighted by atomic mass is 10.1. The lowest BCUT2D eigenvalue weighted by Crippen LogP contribution is -2.04. The van der Waals surface area contributed by atoms with Crippen molar-refractivity contribution in [1.29, 1.82) is 5.26 Å². The third-order valence-corrected chi connectivity index (χ3v) is 3.00. The Morgan fingerprint density at radius 2 is 1.85 bits per heavy atom. The zero-order chi connectivity index (χ0) is 14.4. The molecule has 0 amide bonds. The molecule has 0 bridgehead atoms. The van der Waals surface area contributed by atoms with Gasteiger partial charge in [0, 0.05) is 12.1 Å². The summed E-state index contributed by atoms with van der Waals surface area (Å²) in [6.45, 7) is 0.555. The van der Waals surface area contributed by atoms with E-state index in [-0.39, 0.29) is 0 Å². The lowest BCUT2D eigenvalue weighted by molar-refractivity contribution is 0.352. The van der Waals surface area contributed by atoms with Crippen molar-refractivity contribution in [2.45, 2.75) is 6.54 Å². The summed E-state index contributed by atoms with van der Waals surface area (Å²) in [5.74, 6) is 1.40. The second-order valence-corrected chi connectivity index (χ2v) is 4.16. The second kappa shape index (κ2) is 6.48. The molecule has 0 aliphatic rings.